The Morgan fingerprint density at radius 1 is 1.23 bits per heavy atom. The Balaban J connectivity index is 2.83. The van der Waals surface area contributed by atoms with Gasteiger partial charge in [-0.2, -0.15) is 15.0 Å². The first kappa shape index (κ1) is 8.97. The molecule has 0 saturated heterocycles. The maximum Gasteiger partial charge on any atom is 0.321 e. The average molecular weight is 183 g/mol. The topological polar surface area (TPSA) is 132 Å². The highest BCUT2D eigenvalue weighted by molar-refractivity contribution is 5.87. The Kier molecular flexibility index (Phi) is 2.43. The number of nitrogens with one attached hydrogen (secondary N) is 2. The van der Waals surface area contributed by atoms with Crippen LogP contribution in [0.4, 0.5) is 22.6 Å². The Morgan fingerprint density at radius 2 is 1.77 bits per heavy atom. The number of hydrogen-bond acceptors (Lipinski definition) is 6. The summed E-state index contributed by atoms with van der Waals surface area (Å²) >= 11 is 0. The van der Waals surface area contributed by atoms with Crippen LogP contribution in [0.2, 0.25) is 0 Å². The van der Waals surface area contributed by atoms with Crippen LogP contribution in [0.15, 0.2) is 0 Å². The quantitative estimate of drug-likeness (QED) is 0.431. The first-order valence-corrected chi connectivity index (χ1v) is 3.37. The number of carbonyl (C=O) groups is 1. The van der Waals surface area contributed by atoms with E-state index >= 15 is 0 Å². The van der Waals surface area contributed by atoms with Crippen LogP contribution in [0.3, 0.4) is 0 Å². The number of rotatable bonds is 1. The third kappa shape index (κ3) is 2.43. The molecule has 0 aliphatic heterocycles. The van der Waals surface area contributed by atoms with Crippen molar-refractivity contribution in [2.45, 2.75) is 0 Å². The smallest absolute Gasteiger partial charge is 0.321 e. The molecule has 8 nitrogen and oxygen atoms in total. The summed E-state index contributed by atoms with van der Waals surface area (Å²) in [6.45, 7) is 0. The Hall–Kier alpha value is -2.12. The zero-order chi connectivity index (χ0) is 9.84. The maximum absolute atomic E-state index is 10.8. The van der Waals surface area contributed by atoms with Crippen molar-refractivity contribution in [1.82, 2.24) is 20.3 Å². The highest BCUT2D eigenvalue weighted by Crippen LogP contribution is 2.02. The minimum absolute atomic E-state index is 0.0179. The van der Waals surface area contributed by atoms with Gasteiger partial charge in [-0.05, 0) is 0 Å². The van der Waals surface area contributed by atoms with E-state index < -0.39 is 6.03 Å². The van der Waals surface area contributed by atoms with Crippen molar-refractivity contribution < 1.29 is 4.79 Å². The van der Waals surface area contributed by atoms with Gasteiger partial charge in [-0.25, -0.2) is 4.79 Å². The van der Waals surface area contributed by atoms with Crippen LogP contribution in [0.5, 0.6) is 0 Å². The zero-order valence-electron chi connectivity index (χ0n) is 6.90. The van der Waals surface area contributed by atoms with Gasteiger partial charge in [-0.15, -0.1) is 0 Å². The second kappa shape index (κ2) is 3.52. The molecular formula is C5H9N7O. The van der Waals surface area contributed by atoms with Gasteiger partial charge in [0.1, 0.15) is 0 Å². The number of carbonyl (C=O) groups excluding carboxylic acids is 1. The molecule has 0 spiro atoms. The second-order valence-electron chi connectivity index (χ2n) is 2.08. The van der Waals surface area contributed by atoms with E-state index in [1.165, 1.54) is 7.05 Å². The number of nitrogen functional groups attached to an aromatic ring is 2. The summed E-state index contributed by atoms with van der Waals surface area (Å²) < 4.78 is 0. The van der Waals surface area contributed by atoms with Crippen molar-refractivity contribution in [2.24, 2.45) is 0 Å². The van der Waals surface area contributed by atoms with Crippen molar-refractivity contribution >= 4 is 23.9 Å². The van der Waals surface area contributed by atoms with E-state index in [2.05, 4.69) is 25.6 Å². The number of hydrogen-bond donors (Lipinski definition) is 4. The van der Waals surface area contributed by atoms with Crippen molar-refractivity contribution in [3.8, 4) is 0 Å². The summed E-state index contributed by atoms with van der Waals surface area (Å²) in [6, 6.07) is -0.454. The van der Waals surface area contributed by atoms with Crippen molar-refractivity contribution in [2.75, 3.05) is 23.8 Å². The van der Waals surface area contributed by atoms with Gasteiger partial charge in [0.2, 0.25) is 17.8 Å². The molecule has 0 radical (unpaired) electrons. The second-order valence-corrected chi connectivity index (χ2v) is 2.08. The van der Waals surface area contributed by atoms with Gasteiger partial charge in [-0.1, -0.05) is 0 Å². The predicted octanol–water partition coefficient (Wildman–Crippen LogP) is -1.21. The average Bonchev–Trinajstić information content (AvgIpc) is 2.02. The van der Waals surface area contributed by atoms with Crippen LogP contribution < -0.4 is 22.1 Å². The lowest BCUT2D eigenvalue weighted by Crippen LogP contribution is -2.26. The molecule has 6 N–H and O–H groups in total. The molecule has 8 heteroatoms. The summed E-state index contributed by atoms with van der Waals surface area (Å²) in [7, 11) is 1.46. The molecule has 70 valence electrons. The van der Waals surface area contributed by atoms with Gasteiger partial charge in [-0.3, -0.25) is 5.32 Å². The van der Waals surface area contributed by atoms with E-state index in [1.807, 2.05) is 0 Å². The molecule has 1 heterocycles. The van der Waals surface area contributed by atoms with Crippen LogP contribution >= 0.6 is 0 Å². The molecule has 0 unspecified atom stereocenters. The lowest BCUT2D eigenvalue weighted by molar-refractivity contribution is 0.254. The zero-order valence-corrected chi connectivity index (χ0v) is 6.90. The SMILES string of the molecule is CNC(=O)Nc1nc(N)nc(N)n1. The molecule has 0 aliphatic carbocycles. The van der Waals surface area contributed by atoms with Crippen LogP contribution in [0.1, 0.15) is 0 Å². The fraction of sp³-hybridized carbons (Fsp3) is 0.200. The largest absolute Gasteiger partial charge is 0.368 e. The van der Waals surface area contributed by atoms with E-state index in [1.54, 1.807) is 0 Å². The van der Waals surface area contributed by atoms with Gasteiger partial charge >= 0.3 is 6.03 Å². The summed E-state index contributed by atoms with van der Waals surface area (Å²) in [4.78, 5) is 21.6. The van der Waals surface area contributed by atoms with Crippen LogP contribution in [-0.4, -0.2) is 28.0 Å². The van der Waals surface area contributed by atoms with Gasteiger partial charge in [0.25, 0.3) is 0 Å². The Bertz CT molecular complexity index is 304. The highest BCUT2D eigenvalue weighted by atomic mass is 16.2. The number of anilines is 3. The summed E-state index contributed by atoms with van der Waals surface area (Å²) in [5.74, 6) is -0.0674. The molecule has 0 aromatic carbocycles. The number of nitrogens with zero attached hydrogens (tertiary/aromatic N) is 3. The minimum Gasteiger partial charge on any atom is -0.368 e. The molecule has 2 amide bonds. The van der Waals surface area contributed by atoms with Gasteiger partial charge in [0.05, 0.1) is 0 Å². The molecule has 0 fully saturated rings. The molecule has 1 aromatic rings. The molecule has 0 bridgehead atoms. The Morgan fingerprint density at radius 3 is 2.23 bits per heavy atom. The van der Waals surface area contributed by atoms with Crippen molar-refractivity contribution in [3.05, 3.63) is 0 Å². The molecule has 0 atom stereocenters. The molecule has 1 rings (SSSR count). The van der Waals surface area contributed by atoms with E-state index in [-0.39, 0.29) is 17.8 Å². The molecule has 13 heavy (non-hydrogen) atoms. The summed E-state index contributed by atoms with van der Waals surface area (Å²) in [6.07, 6.45) is 0. The summed E-state index contributed by atoms with van der Waals surface area (Å²) in [5, 5.41) is 4.62. The fourth-order valence-corrected chi connectivity index (χ4v) is 0.629. The van der Waals surface area contributed by atoms with E-state index in [4.69, 9.17) is 11.5 Å². The highest BCUT2D eigenvalue weighted by Gasteiger charge is 2.03. The standard InChI is InChI=1S/C5H9N7O/c1-8-5(13)12-4-10-2(6)9-3(7)11-4/h1H3,(H6,6,7,8,9,10,11,12,13). The minimum atomic E-state index is -0.454. The van der Waals surface area contributed by atoms with Crippen LogP contribution in [0, 0.1) is 0 Å². The van der Waals surface area contributed by atoms with Crippen LogP contribution in [0.25, 0.3) is 0 Å². The molecular weight excluding hydrogens is 174 g/mol. The van der Waals surface area contributed by atoms with Gasteiger partial charge in [0, 0.05) is 7.05 Å². The Labute approximate surface area is 73.8 Å². The molecule has 0 aliphatic rings. The van der Waals surface area contributed by atoms with Gasteiger partial charge < -0.3 is 16.8 Å². The van der Waals surface area contributed by atoms with Crippen LogP contribution in [-0.2, 0) is 0 Å². The third-order valence-electron chi connectivity index (χ3n) is 1.12. The number of urea groups is 1. The molecule has 1 aromatic heterocycles. The third-order valence-corrected chi connectivity index (χ3v) is 1.12. The lowest BCUT2D eigenvalue weighted by atomic mass is 10.8. The fourth-order valence-electron chi connectivity index (χ4n) is 0.629. The lowest BCUT2D eigenvalue weighted by Gasteiger charge is -2.02. The van der Waals surface area contributed by atoms with E-state index in [0.717, 1.165) is 0 Å². The van der Waals surface area contributed by atoms with Crippen molar-refractivity contribution in [3.63, 3.8) is 0 Å². The normalized spacial score (nSPS) is 9.31. The predicted molar refractivity (Wildman–Crippen MR) is 46.7 cm³/mol. The number of nitrogens with two attached hydrogens (primary N) is 2. The number of aromatic nitrogens is 3. The van der Waals surface area contributed by atoms with Gasteiger partial charge in [0.15, 0.2) is 0 Å². The summed E-state index contributed by atoms with van der Waals surface area (Å²) in [5.41, 5.74) is 10.5. The maximum atomic E-state index is 10.8. The monoisotopic (exact) mass is 183 g/mol. The first-order chi connectivity index (χ1) is 6.11. The van der Waals surface area contributed by atoms with E-state index in [0.29, 0.717) is 0 Å². The number of amides is 2. The molecule has 0 saturated carbocycles. The van der Waals surface area contributed by atoms with E-state index in [9.17, 15) is 4.79 Å². The first-order valence-electron chi connectivity index (χ1n) is 3.37. The van der Waals surface area contributed by atoms with Crippen molar-refractivity contribution in [1.29, 1.82) is 0 Å².